The van der Waals surface area contributed by atoms with Gasteiger partial charge in [0.1, 0.15) is 0 Å². The zero-order valence-electron chi connectivity index (χ0n) is 6.05. The Bertz CT molecular complexity index is 109. The van der Waals surface area contributed by atoms with Gasteiger partial charge >= 0.3 is 12.3 Å². The van der Waals surface area contributed by atoms with Gasteiger partial charge in [-0.25, -0.2) is 4.79 Å². The van der Waals surface area contributed by atoms with Crippen LogP contribution in [0.15, 0.2) is 0 Å². The van der Waals surface area contributed by atoms with Crippen LogP contribution in [0, 0.1) is 0 Å². The third-order valence-corrected chi connectivity index (χ3v) is 1.06. The van der Waals surface area contributed by atoms with Crippen LogP contribution in [0.4, 0.5) is 0 Å². The fourth-order valence-corrected chi connectivity index (χ4v) is 0.546. The molecule has 0 aliphatic rings. The van der Waals surface area contributed by atoms with Crippen LogP contribution in [0.3, 0.4) is 0 Å². The highest BCUT2D eigenvalue weighted by molar-refractivity contribution is 6.20. The third-order valence-electron chi connectivity index (χ3n) is 1.06. The molecule has 0 N–H and O–H groups in total. The van der Waals surface area contributed by atoms with Crippen molar-refractivity contribution in [2.75, 3.05) is 6.61 Å². The highest BCUT2D eigenvalue weighted by Gasteiger charge is 1.98. The van der Waals surface area contributed by atoms with Gasteiger partial charge in [0, 0.05) is 0 Å². The zero-order valence-corrected chi connectivity index (χ0v) is 6.05. The lowest BCUT2D eigenvalue weighted by molar-refractivity contribution is -0.135. The van der Waals surface area contributed by atoms with E-state index in [-0.39, 0.29) is 0 Å². The SMILES string of the molecule is CCCCCOC(=O)[C]=O. The van der Waals surface area contributed by atoms with Crippen LogP contribution in [0.1, 0.15) is 26.2 Å². The van der Waals surface area contributed by atoms with Crippen molar-refractivity contribution < 1.29 is 14.3 Å². The summed E-state index contributed by atoms with van der Waals surface area (Å²) in [6.07, 6.45) is 4.05. The summed E-state index contributed by atoms with van der Waals surface area (Å²) in [6, 6.07) is 0. The van der Waals surface area contributed by atoms with Crippen molar-refractivity contribution in [3.05, 3.63) is 0 Å². The lowest BCUT2D eigenvalue weighted by atomic mass is 10.3. The van der Waals surface area contributed by atoms with E-state index < -0.39 is 5.97 Å². The summed E-state index contributed by atoms with van der Waals surface area (Å²) in [6.45, 7) is 2.38. The molecule has 0 aliphatic carbocycles. The molecule has 0 amide bonds. The summed E-state index contributed by atoms with van der Waals surface area (Å²) < 4.78 is 4.43. The Labute approximate surface area is 60.4 Å². The van der Waals surface area contributed by atoms with Crippen LogP contribution in [0.25, 0.3) is 0 Å². The van der Waals surface area contributed by atoms with E-state index in [1.165, 1.54) is 0 Å². The first-order chi connectivity index (χ1) is 4.81. The fraction of sp³-hybridized carbons (Fsp3) is 0.714. The van der Waals surface area contributed by atoms with Gasteiger partial charge in [-0.05, 0) is 6.42 Å². The molecule has 0 aromatic heterocycles. The summed E-state index contributed by atoms with van der Waals surface area (Å²) in [4.78, 5) is 19.7. The number of hydrogen-bond donors (Lipinski definition) is 0. The van der Waals surface area contributed by atoms with Crippen LogP contribution in [-0.2, 0) is 14.3 Å². The van der Waals surface area contributed by atoms with Crippen LogP contribution < -0.4 is 0 Å². The minimum Gasteiger partial charge on any atom is -0.460 e. The standard InChI is InChI=1S/C7H11O3/c1-2-3-4-5-10-7(9)6-8/h2-5H2,1H3. The topological polar surface area (TPSA) is 43.4 Å². The van der Waals surface area contributed by atoms with Crippen LogP contribution in [0.5, 0.6) is 0 Å². The molecule has 0 aromatic rings. The van der Waals surface area contributed by atoms with E-state index in [4.69, 9.17) is 0 Å². The van der Waals surface area contributed by atoms with E-state index in [2.05, 4.69) is 4.74 Å². The van der Waals surface area contributed by atoms with E-state index in [0.29, 0.717) is 6.61 Å². The van der Waals surface area contributed by atoms with Crippen molar-refractivity contribution in [2.45, 2.75) is 26.2 Å². The maximum absolute atomic E-state index is 10.1. The second-order valence-corrected chi connectivity index (χ2v) is 1.95. The summed E-state index contributed by atoms with van der Waals surface area (Å²) in [5, 5.41) is 0. The van der Waals surface area contributed by atoms with Crippen molar-refractivity contribution in [1.29, 1.82) is 0 Å². The van der Waals surface area contributed by atoms with Crippen LogP contribution in [-0.4, -0.2) is 18.9 Å². The van der Waals surface area contributed by atoms with Gasteiger partial charge in [0.05, 0.1) is 6.61 Å². The molecular formula is C7H11O3. The van der Waals surface area contributed by atoms with Gasteiger partial charge in [0.25, 0.3) is 0 Å². The predicted molar refractivity (Wildman–Crippen MR) is 36.2 cm³/mol. The molecule has 0 saturated carbocycles. The predicted octanol–water partition coefficient (Wildman–Crippen LogP) is 0.830. The first-order valence-corrected chi connectivity index (χ1v) is 3.36. The Morgan fingerprint density at radius 2 is 2.20 bits per heavy atom. The highest BCUT2D eigenvalue weighted by atomic mass is 16.5. The number of carbonyl (C=O) groups is 1. The molecule has 0 bridgehead atoms. The summed E-state index contributed by atoms with van der Waals surface area (Å²) >= 11 is 0. The van der Waals surface area contributed by atoms with Crippen LogP contribution in [0.2, 0.25) is 0 Å². The molecule has 0 atom stereocenters. The minimum atomic E-state index is -0.892. The number of carbonyl (C=O) groups excluding carboxylic acids is 2. The molecule has 57 valence electrons. The second-order valence-electron chi connectivity index (χ2n) is 1.95. The average molecular weight is 143 g/mol. The quantitative estimate of drug-likeness (QED) is 0.325. The highest BCUT2D eigenvalue weighted by Crippen LogP contribution is 1.93. The van der Waals surface area contributed by atoms with Gasteiger partial charge < -0.3 is 4.74 Å². The summed E-state index contributed by atoms with van der Waals surface area (Å²) in [5.41, 5.74) is 0. The Morgan fingerprint density at radius 1 is 1.50 bits per heavy atom. The minimum absolute atomic E-state index is 0.335. The third kappa shape index (κ3) is 5.28. The molecule has 3 nitrogen and oxygen atoms in total. The number of hydrogen-bond acceptors (Lipinski definition) is 3. The maximum atomic E-state index is 10.1. The van der Waals surface area contributed by atoms with Gasteiger partial charge in [-0.3, -0.25) is 4.79 Å². The first kappa shape index (κ1) is 9.14. The number of esters is 1. The van der Waals surface area contributed by atoms with Crippen molar-refractivity contribution in [1.82, 2.24) is 0 Å². The number of rotatable bonds is 5. The maximum Gasteiger partial charge on any atom is 0.383 e. The molecule has 0 aliphatic heterocycles. The van der Waals surface area contributed by atoms with Crippen molar-refractivity contribution in [3.63, 3.8) is 0 Å². The molecule has 0 rings (SSSR count). The van der Waals surface area contributed by atoms with Gasteiger partial charge in [-0.2, -0.15) is 0 Å². The van der Waals surface area contributed by atoms with Crippen molar-refractivity contribution >= 4 is 12.3 Å². The molecule has 1 radical (unpaired) electrons. The zero-order chi connectivity index (χ0) is 7.82. The first-order valence-electron chi connectivity index (χ1n) is 3.36. The lowest BCUT2D eigenvalue weighted by Gasteiger charge is -1.97. The normalized spacial score (nSPS) is 8.90. The average Bonchev–Trinajstić information content (AvgIpc) is 1.98. The van der Waals surface area contributed by atoms with E-state index in [1.807, 2.05) is 6.92 Å². The molecule has 0 heterocycles. The molecule has 0 spiro atoms. The van der Waals surface area contributed by atoms with E-state index >= 15 is 0 Å². The second kappa shape index (κ2) is 6.26. The molecule has 0 unspecified atom stereocenters. The Balaban J connectivity index is 3.03. The lowest BCUT2D eigenvalue weighted by Crippen LogP contribution is -2.05. The molecular weight excluding hydrogens is 132 g/mol. The molecule has 0 fully saturated rings. The van der Waals surface area contributed by atoms with Gasteiger partial charge in [0.2, 0.25) is 0 Å². The largest absolute Gasteiger partial charge is 0.460 e. The Morgan fingerprint density at radius 3 is 2.70 bits per heavy atom. The van der Waals surface area contributed by atoms with E-state index in [0.717, 1.165) is 25.5 Å². The molecule has 0 aromatic carbocycles. The van der Waals surface area contributed by atoms with Gasteiger partial charge in [-0.1, -0.05) is 19.8 Å². The number of unbranched alkanes of at least 4 members (excludes halogenated alkanes) is 2. The Hall–Kier alpha value is -0.860. The van der Waals surface area contributed by atoms with E-state index in [9.17, 15) is 9.59 Å². The van der Waals surface area contributed by atoms with Crippen molar-refractivity contribution in [2.24, 2.45) is 0 Å². The molecule has 3 heteroatoms. The van der Waals surface area contributed by atoms with Crippen molar-refractivity contribution in [3.8, 4) is 0 Å². The Kier molecular flexibility index (Phi) is 5.72. The van der Waals surface area contributed by atoms with E-state index in [1.54, 1.807) is 0 Å². The molecule has 0 saturated heterocycles. The summed E-state index contributed by atoms with van der Waals surface area (Å²) in [5.74, 6) is -0.892. The fourth-order valence-electron chi connectivity index (χ4n) is 0.546. The van der Waals surface area contributed by atoms with Gasteiger partial charge in [0.15, 0.2) is 0 Å². The number of ether oxygens (including phenoxy) is 1. The summed E-state index contributed by atoms with van der Waals surface area (Å²) in [7, 11) is 0. The van der Waals surface area contributed by atoms with Gasteiger partial charge in [-0.15, -0.1) is 0 Å². The smallest absolute Gasteiger partial charge is 0.383 e. The monoisotopic (exact) mass is 143 g/mol. The van der Waals surface area contributed by atoms with Crippen LogP contribution >= 0.6 is 0 Å². The molecule has 10 heavy (non-hydrogen) atoms.